The van der Waals surface area contributed by atoms with E-state index in [0.29, 0.717) is 11.1 Å². The largest absolute Gasteiger partial charge is 0.508 e. The molecule has 5 nitrogen and oxygen atoms in total. The van der Waals surface area contributed by atoms with Gasteiger partial charge >= 0.3 is 5.97 Å². The minimum atomic E-state index is -1.16. The quantitative estimate of drug-likeness (QED) is 0.594. The SMILES string of the molecule is COc1ccc(/C=C(\C(=O)O)c2ccc(O)cc2)c(Cl)c1O. The zero-order valence-electron chi connectivity index (χ0n) is 11.6. The second-order valence-electron chi connectivity index (χ2n) is 4.43. The van der Waals surface area contributed by atoms with Crippen molar-refractivity contribution in [1.82, 2.24) is 0 Å². The molecule has 0 radical (unpaired) electrons. The van der Waals surface area contributed by atoms with E-state index in [2.05, 4.69) is 0 Å². The molecule has 2 rings (SSSR count). The van der Waals surface area contributed by atoms with Crippen LogP contribution in [0.2, 0.25) is 5.02 Å². The third kappa shape index (κ3) is 3.15. The highest BCUT2D eigenvalue weighted by atomic mass is 35.5. The van der Waals surface area contributed by atoms with Crippen molar-refractivity contribution in [2.75, 3.05) is 7.11 Å². The van der Waals surface area contributed by atoms with Gasteiger partial charge in [-0.1, -0.05) is 23.7 Å². The Balaban J connectivity index is 2.54. The molecule has 0 fully saturated rings. The number of carboxylic acids is 1. The summed E-state index contributed by atoms with van der Waals surface area (Å²) in [5, 5.41) is 28.5. The minimum Gasteiger partial charge on any atom is -0.508 e. The zero-order valence-corrected chi connectivity index (χ0v) is 12.3. The average Bonchev–Trinajstić information content (AvgIpc) is 2.50. The molecule has 0 aliphatic carbocycles. The summed E-state index contributed by atoms with van der Waals surface area (Å²) in [6, 6.07) is 8.77. The van der Waals surface area contributed by atoms with Crippen LogP contribution in [0, 0.1) is 0 Å². The van der Waals surface area contributed by atoms with Gasteiger partial charge in [-0.3, -0.25) is 0 Å². The first kappa shape index (κ1) is 15.7. The van der Waals surface area contributed by atoms with Crippen LogP contribution in [0.1, 0.15) is 11.1 Å². The molecule has 0 amide bonds. The molecule has 0 unspecified atom stereocenters. The second kappa shape index (κ2) is 6.41. The maximum atomic E-state index is 11.4. The summed E-state index contributed by atoms with van der Waals surface area (Å²) in [6.45, 7) is 0. The highest BCUT2D eigenvalue weighted by Gasteiger charge is 2.14. The molecule has 2 aromatic carbocycles. The molecule has 0 aliphatic rings. The molecule has 3 N–H and O–H groups in total. The molecule has 0 heterocycles. The van der Waals surface area contributed by atoms with Crippen molar-refractivity contribution in [1.29, 1.82) is 0 Å². The summed E-state index contributed by atoms with van der Waals surface area (Å²) in [5.74, 6) is -1.18. The lowest BCUT2D eigenvalue weighted by atomic mass is 10.0. The number of phenolic OH excluding ortho intramolecular Hbond substituents is 2. The smallest absolute Gasteiger partial charge is 0.336 e. The highest BCUT2D eigenvalue weighted by Crippen LogP contribution is 2.37. The molecule has 0 bridgehead atoms. The topological polar surface area (TPSA) is 87.0 Å². The highest BCUT2D eigenvalue weighted by molar-refractivity contribution is 6.34. The van der Waals surface area contributed by atoms with Gasteiger partial charge in [-0.2, -0.15) is 0 Å². The number of aliphatic carboxylic acids is 1. The van der Waals surface area contributed by atoms with Crippen molar-refractivity contribution in [3.8, 4) is 17.2 Å². The maximum absolute atomic E-state index is 11.4. The van der Waals surface area contributed by atoms with Crippen LogP contribution in [-0.4, -0.2) is 28.4 Å². The first-order valence-electron chi connectivity index (χ1n) is 6.24. The predicted octanol–water partition coefficient (Wildman–Crippen LogP) is 3.39. The number of methoxy groups -OCH3 is 1. The number of rotatable bonds is 4. The predicted molar refractivity (Wildman–Crippen MR) is 83.3 cm³/mol. The van der Waals surface area contributed by atoms with Gasteiger partial charge < -0.3 is 20.1 Å². The number of carbonyl (C=O) groups is 1. The van der Waals surface area contributed by atoms with Gasteiger partial charge in [0.1, 0.15) is 5.75 Å². The molecule has 0 saturated carbocycles. The van der Waals surface area contributed by atoms with Gasteiger partial charge in [-0.15, -0.1) is 0 Å². The van der Waals surface area contributed by atoms with Crippen LogP contribution in [0.5, 0.6) is 17.2 Å². The van der Waals surface area contributed by atoms with Gasteiger partial charge in [-0.05, 0) is 41.5 Å². The summed E-state index contributed by atoms with van der Waals surface area (Å²) in [7, 11) is 1.39. The summed E-state index contributed by atoms with van der Waals surface area (Å²) >= 11 is 6.03. The molecule has 114 valence electrons. The fourth-order valence-corrected chi connectivity index (χ4v) is 2.11. The van der Waals surface area contributed by atoms with Gasteiger partial charge in [0.05, 0.1) is 17.7 Å². The second-order valence-corrected chi connectivity index (χ2v) is 4.81. The summed E-state index contributed by atoms with van der Waals surface area (Å²) < 4.78 is 4.93. The Labute approximate surface area is 131 Å². The molecule has 0 saturated heterocycles. The number of hydrogen-bond donors (Lipinski definition) is 3. The van der Waals surface area contributed by atoms with E-state index < -0.39 is 5.97 Å². The Hall–Kier alpha value is -2.66. The van der Waals surface area contributed by atoms with Crippen molar-refractivity contribution < 1.29 is 24.9 Å². The van der Waals surface area contributed by atoms with Crippen LogP contribution in [0.4, 0.5) is 0 Å². The van der Waals surface area contributed by atoms with Gasteiger partial charge in [0.25, 0.3) is 0 Å². The molecule has 0 aromatic heterocycles. The Morgan fingerprint density at radius 2 is 1.77 bits per heavy atom. The van der Waals surface area contributed by atoms with E-state index in [1.807, 2.05) is 0 Å². The Kier molecular flexibility index (Phi) is 4.58. The molecular formula is C16H13ClO5. The number of benzene rings is 2. The van der Waals surface area contributed by atoms with E-state index >= 15 is 0 Å². The van der Waals surface area contributed by atoms with Crippen LogP contribution in [0.25, 0.3) is 11.6 Å². The molecule has 6 heteroatoms. The van der Waals surface area contributed by atoms with Crippen molar-refractivity contribution >= 4 is 29.2 Å². The first-order chi connectivity index (χ1) is 10.4. The third-order valence-corrected chi connectivity index (χ3v) is 3.43. The van der Waals surface area contributed by atoms with Crippen molar-refractivity contribution in [2.24, 2.45) is 0 Å². The number of ether oxygens (including phenoxy) is 1. The van der Waals surface area contributed by atoms with E-state index in [4.69, 9.17) is 16.3 Å². The normalized spacial score (nSPS) is 11.3. The van der Waals surface area contributed by atoms with Gasteiger partial charge in [0, 0.05) is 0 Å². The fraction of sp³-hybridized carbons (Fsp3) is 0.0625. The maximum Gasteiger partial charge on any atom is 0.336 e. The van der Waals surface area contributed by atoms with Gasteiger partial charge in [-0.25, -0.2) is 4.79 Å². The van der Waals surface area contributed by atoms with Gasteiger partial charge in [0.15, 0.2) is 11.5 Å². The lowest BCUT2D eigenvalue weighted by Gasteiger charge is -2.08. The van der Waals surface area contributed by atoms with Crippen LogP contribution in [0.15, 0.2) is 36.4 Å². The van der Waals surface area contributed by atoms with Crippen molar-refractivity contribution in [3.63, 3.8) is 0 Å². The zero-order chi connectivity index (χ0) is 16.3. The van der Waals surface area contributed by atoms with E-state index in [9.17, 15) is 20.1 Å². The number of hydrogen-bond acceptors (Lipinski definition) is 4. The summed E-state index contributed by atoms with van der Waals surface area (Å²) in [6.07, 6.45) is 1.34. The molecular weight excluding hydrogens is 308 g/mol. The first-order valence-corrected chi connectivity index (χ1v) is 6.61. The fourth-order valence-electron chi connectivity index (χ4n) is 1.90. The molecule has 2 aromatic rings. The summed E-state index contributed by atoms with van der Waals surface area (Å²) in [4.78, 5) is 11.4. The number of carboxylic acid groups (broad SMARTS) is 1. The Morgan fingerprint density at radius 3 is 2.32 bits per heavy atom. The third-order valence-electron chi connectivity index (χ3n) is 3.04. The number of halogens is 1. The van der Waals surface area contributed by atoms with Crippen molar-refractivity contribution in [2.45, 2.75) is 0 Å². The lowest BCUT2D eigenvalue weighted by molar-refractivity contribution is -0.130. The van der Waals surface area contributed by atoms with Crippen LogP contribution < -0.4 is 4.74 Å². The molecule has 0 spiro atoms. The van der Waals surface area contributed by atoms with E-state index in [1.54, 1.807) is 6.07 Å². The molecule has 22 heavy (non-hydrogen) atoms. The molecule has 0 aliphatic heterocycles. The Bertz CT molecular complexity index is 735. The van der Waals surface area contributed by atoms with Crippen LogP contribution in [0.3, 0.4) is 0 Å². The van der Waals surface area contributed by atoms with E-state index in [1.165, 1.54) is 43.5 Å². The lowest BCUT2D eigenvalue weighted by Crippen LogP contribution is -1.99. The molecule has 0 atom stereocenters. The van der Waals surface area contributed by atoms with E-state index in [0.717, 1.165) is 0 Å². The standard InChI is InChI=1S/C16H13ClO5/c1-22-13-7-4-10(14(17)15(13)19)8-12(16(20)21)9-2-5-11(18)6-3-9/h2-8,18-19H,1H3,(H,20,21)/b12-8-. The Morgan fingerprint density at radius 1 is 1.14 bits per heavy atom. The van der Waals surface area contributed by atoms with Crippen LogP contribution >= 0.6 is 11.6 Å². The van der Waals surface area contributed by atoms with E-state index in [-0.39, 0.29) is 27.8 Å². The van der Waals surface area contributed by atoms with Crippen molar-refractivity contribution in [3.05, 3.63) is 52.5 Å². The number of phenols is 2. The summed E-state index contributed by atoms with van der Waals surface area (Å²) in [5.41, 5.74) is 0.716. The van der Waals surface area contributed by atoms with Gasteiger partial charge in [0.2, 0.25) is 0 Å². The average molecular weight is 321 g/mol. The van der Waals surface area contributed by atoms with Crippen LogP contribution in [-0.2, 0) is 4.79 Å². The minimum absolute atomic E-state index is 0.00289. The monoisotopic (exact) mass is 320 g/mol. The number of aromatic hydroxyl groups is 2.